The highest BCUT2D eigenvalue weighted by atomic mass is 15.0. The first-order chi connectivity index (χ1) is 9.28. The second-order valence-electron chi connectivity index (χ2n) is 4.68. The molecule has 0 radical (unpaired) electrons. The van der Waals surface area contributed by atoms with Crippen LogP contribution >= 0.6 is 0 Å². The molecule has 2 aromatic heterocycles. The summed E-state index contributed by atoms with van der Waals surface area (Å²) in [4.78, 5) is 8.92. The minimum Gasteiger partial charge on any atom is -0.330 e. The molecule has 4 nitrogen and oxygen atoms in total. The minimum absolute atomic E-state index is 0.608. The quantitative estimate of drug-likeness (QED) is 0.777. The molecule has 0 unspecified atom stereocenters. The molecule has 0 saturated carbocycles. The molecule has 3 aromatic rings. The molecular weight excluding hydrogens is 236 g/mol. The first-order valence-electron chi connectivity index (χ1n) is 6.36. The zero-order valence-corrected chi connectivity index (χ0v) is 10.9. The van der Waals surface area contributed by atoms with Crippen molar-refractivity contribution in [3.8, 4) is 11.1 Å². The van der Waals surface area contributed by atoms with E-state index >= 15 is 0 Å². The molecule has 96 valence electrons. The molecule has 1 aromatic carbocycles. The molecule has 0 aliphatic heterocycles. The Morgan fingerprint density at radius 2 is 2.00 bits per heavy atom. The molecule has 0 atom stereocenters. The maximum Gasteiger partial charge on any atom is 0.147 e. The SMILES string of the molecule is Cc1ccc(-c2cncn3cc(CCN)nc23)cc1. The van der Waals surface area contributed by atoms with Crippen molar-refractivity contribution in [1.82, 2.24) is 14.4 Å². The first-order valence-corrected chi connectivity index (χ1v) is 6.36. The van der Waals surface area contributed by atoms with E-state index in [4.69, 9.17) is 5.73 Å². The molecule has 0 spiro atoms. The average Bonchev–Trinajstić information content (AvgIpc) is 2.82. The van der Waals surface area contributed by atoms with Crippen LogP contribution in [-0.4, -0.2) is 20.9 Å². The second kappa shape index (κ2) is 4.82. The molecule has 19 heavy (non-hydrogen) atoms. The third kappa shape index (κ3) is 2.22. The lowest BCUT2D eigenvalue weighted by Gasteiger charge is -2.03. The Morgan fingerprint density at radius 3 is 2.74 bits per heavy atom. The van der Waals surface area contributed by atoms with Gasteiger partial charge in [0.1, 0.15) is 12.0 Å². The zero-order valence-electron chi connectivity index (χ0n) is 10.9. The number of nitrogens with zero attached hydrogens (tertiary/aromatic N) is 3. The Balaban J connectivity index is 2.15. The van der Waals surface area contributed by atoms with Crippen LogP contribution in [0.1, 0.15) is 11.3 Å². The van der Waals surface area contributed by atoms with E-state index in [1.165, 1.54) is 5.56 Å². The number of aromatic nitrogens is 3. The monoisotopic (exact) mass is 252 g/mol. The lowest BCUT2D eigenvalue weighted by atomic mass is 10.1. The van der Waals surface area contributed by atoms with E-state index < -0.39 is 0 Å². The molecule has 3 rings (SSSR count). The smallest absolute Gasteiger partial charge is 0.147 e. The molecule has 2 N–H and O–H groups in total. The van der Waals surface area contributed by atoms with E-state index in [0.717, 1.165) is 28.9 Å². The van der Waals surface area contributed by atoms with Gasteiger partial charge in [0.25, 0.3) is 0 Å². The molecular formula is C15H16N4. The van der Waals surface area contributed by atoms with Crippen molar-refractivity contribution in [3.05, 3.63) is 54.2 Å². The standard InChI is InChI=1S/C15H16N4/c1-11-2-4-12(5-3-11)14-8-17-10-19-9-13(6-7-16)18-15(14)19/h2-5,8-10H,6-7,16H2,1H3. The minimum atomic E-state index is 0.608. The van der Waals surface area contributed by atoms with Crippen LogP contribution in [0.2, 0.25) is 0 Å². The second-order valence-corrected chi connectivity index (χ2v) is 4.68. The summed E-state index contributed by atoms with van der Waals surface area (Å²) in [5.41, 5.74) is 10.9. The van der Waals surface area contributed by atoms with Crippen LogP contribution in [0.25, 0.3) is 16.8 Å². The molecule has 0 amide bonds. The van der Waals surface area contributed by atoms with Gasteiger partial charge in [-0.05, 0) is 19.0 Å². The van der Waals surface area contributed by atoms with Crippen LogP contribution in [0.3, 0.4) is 0 Å². The van der Waals surface area contributed by atoms with Crippen LogP contribution in [0.4, 0.5) is 0 Å². The highest BCUT2D eigenvalue weighted by molar-refractivity contribution is 5.76. The van der Waals surface area contributed by atoms with Gasteiger partial charge in [0.2, 0.25) is 0 Å². The maximum atomic E-state index is 5.58. The van der Waals surface area contributed by atoms with Crippen LogP contribution in [-0.2, 0) is 6.42 Å². The summed E-state index contributed by atoms with van der Waals surface area (Å²) in [7, 11) is 0. The van der Waals surface area contributed by atoms with Gasteiger partial charge in [-0.2, -0.15) is 0 Å². The summed E-state index contributed by atoms with van der Waals surface area (Å²) >= 11 is 0. The number of imidazole rings is 1. The Morgan fingerprint density at radius 1 is 1.21 bits per heavy atom. The lowest BCUT2D eigenvalue weighted by molar-refractivity contribution is 0.936. The van der Waals surface area contributed by atoms with Crippen molar-refractivity contribution in [2.45, 2.75) is 13.3 Å². The molecule has 0 bridgehead atoms. The van der Waals surface area contributed by atoms with Gasteiger partial charge in [-0.1, -0.05) is 29.8 Å². The highest BCUT2D eigenvalue weighted by Gasteiger charge is 2.08. The molecule has 0 aliphatic rings. The third-order valence-electron chi connectivity index (χ3n) is 3.18. The molecule has 4 heteroatoms. The molecule has 0 aliphatic carbocycles. The van der Waals surface area contributed by atoms with Crippen molar-refractivity contribution in [2.24, 2.45) is 5.73 Å². The zero-order chi connectivity index (χ0) is 13.2. The summed E-state index contributed by atoms with van der Waals surface area (Å²) in [6.07, 6.45) is 6.42. The van der Waals surface area contributed by atoms with Crippen molar-refractivity contribution in [2.75, 3.05) is 6.54 Å². The summed E-state index contributed by atoms with van der Waals surface area (Å²) in [5, 5.41) is 0. The first kappa shape index (κ1) is 11.9. The summed E-state index contributed by atoms with van der Waals surface area (Å²) < 4.78 is 1.96. The van der Waals surface area contributed by atoms with Crippen molar-refractivity contribution >= 4 is 5.65 Å². The predicted molar refractivity (Wildman–Crippen MR) is 75.9 cm³/mol. The number of benzene rings is 1. The number of fused-ring (bicyclic) bond motifs is 1. The van der Waals surface area contributed by atoms with Crippen molar-refractivity contribution < 1.29 is 0 Å². The summed E-state index contributed by atoms with van der Waals surface area (Å²) in [6, 6.07) is 8.40. The van der Waals surface area contributed by atoms with Crippen LogP contribution in [0.15, 0.2) is 43.0 Å². The predicted octanol–water partition coefficient (Wildman–Crippen LogP) is 2.21. The van der Waals surface area contributed by atoms with Gasteiger partial charge in [0, 0.05) is 24.4 Å². The maximum absolute atomic E-state index is 5.58. The van der Waals surface area contributed by atoms with E-state index in [1.54, 1.807) is 6.33 Å². The van der Waals surface area contributed by atoms with Gasteiger partial charge in [-0.3, -0.25) is 4.40 Å². The van der Waals surface area contributed by atoms with Crippen LogP contribution < -0.4 is 5.73 Å². The topological polar surface area (TPSA) is 56.2 Å². The van der Waals surface area contributed by atoms with Crippen LogP contribution in [0, 0.1) is 6.92 Å². The Bertz CT molecular complexity index is 698. The van der Waals surface area contributed by atoms with E-state index in [2.05, 4.69) is 41.2 Å². The van der Waals surface area contributed by atoms with E-state index in [0.29, 0.717) is 6.54 Å². The van der Waals surface area contributed by atoms with Gasteiger partial charge >= 0.3 is 0 Å². The summed E-state index contributed by atoms with van der Waals surface area (Å²) in [6.45, 7) is 2.69. The fourth-order valence-corrected chi connectivity index (χ4v) is 2.17. The van der Waals surface area contributed by atoms with Crippen molar-refractivity contribution in [1.29, 1.82) is 0 Å². The van der Waals surface area contributed by atoms with E-state index in [1.807, 2.05) is 16.8 Å². The average molecular weight is 252 g/mol. The number of rotatable bonds is 3. The van der Waals surface area contributed by atoms with Crippen molar-refractivity contribution in [3.63, 3.8) is 0 Å². The van der Waals surface area contributed by atoms with Gasteiger partial charge < -0.3 is 5.73 Å². The highest BCUT2D eigenvalue weighted by Crippen LogP contribution is 2.23. The van der Waals surface area contributed by atoms with Crippen LogP contribution in [0.5, 0.6) is 0 Å². The van der Waals surface area contributed by atoms with E-state index in [9.17, 15) is 0 Å². The fraction of sp³-hybridized carbons (Fsp3) is 0.200. The third-order valence-corrected chi connectivity index (χ3v) is 3.18. The normalized spacial score (nSPS) is 11.1. The Kier molecular flexibility index (Phi) is 3.01. The number of hydrogen-bond acceptors (Lipinski definition) is 3. The molecule has 0 fully saturated rings. The number of nitrogens with two attached hydrogens (primary N) is 1. The lowest BCUT2D eigenvalue weighted by Crippen LogP contribution is -2.02. The Hall–Kier alpha value is -2.20. The van der Waals surface area contributed by atoms with Gasteiger partial charge in [0.15, 0.2) is 0 Å². The largest absolute Gasteiger partial charge is 0.330 e. The molecule has 0 saturated heterocycles. The number of hydrogen-bond donors (Lipinski definition) is 1. The van der Waals surface area contributed by atoms with E-state index in [-0.39, 0.29) is 0 Å². The van der Waals surface area contributed by atoms with Gasteiger partial charge in [-0.25, -0.2) is 9.97 Å². The Labute approximate surface area is 111 Å². The van der Waals surface area contributed by atoms with Gasteiger partial charge in [-0.15, -0.1) is 0 Å². The fourth-order valence-electron chi connectivity index (χ4n) is 2.17. The summed E-state index contributed by atoms with van der Waals surface area (Å²) in [5.74, 6) is 0. The molecule has 2 heterocycles. The van der Waals surface area contributed by atoms with Gasteiger partial charge in [0.05, 0.1) is 5.69 Å². The number of aryl methyl sites for hydroxylation is 1.